The smallest absolute Gasteiger partial charge is 0.00442 e. The van der Waals surface area contributed by atoms with Crippen LogP contribution in [0.1, 0.15) is 6.42 Å². The molecule has 0 aromatic carbocycles. The Morgan fingerprint density at radius 2 is 2.57 bits per heavy atom. The zero-order valence-corrected chi connectivity index (χ0v) is 4.65. The lowest BCUT2D eigenvalue weighted by atomic mass is 10.4. The predicted molar refractivity (Wildman–Crippen MR) is 28.8 cm³/mol. The van der Waals surface area contributed by atoms with Gasteiger partial charge in [-0.1, -0.05) is 0 Å². The van der Waals surface area contributed by atoms with Crippen molar-refractivity contribution in [3.63, 3.8) is 0 Å². The molecule has 1 heterocycles. The Labute approximate surface area is 44.3 Å². The number of hydrogen-bond acceptors (Lipinski definition) is 1. The molecular weight excluding hydrogens is 86.1 g/mol. The van der Waals surface area contributed by atoms with Crippen molar-refractivity contribution in [1.29, 1.82) is 0 Å². The number of nitrogens with zero attached hydrogens (tertiary/aromatic N) is 1. The SMILES string of the molecule is CN1C[C]2CC2C1. The standard InChI is InChI=1S/C6H10N/c1-7-3-5-2-6(5)4-7/h5H,2-4H2,1H3. The summed E-state index contributed by atoms with van der Waals surface area (Å²) in [6.45, 7) is 2.64. The number of rotatable bonds is 0. The van der Waals surface area contributed by atoms with Gasteiger partial charge in [0.25, 0.3) is 0 Å². The molecule has 1 atom stereocenters. The Morgan fingerprint density at radius 3 is 2.86 bits per heavy atom. The molecule has 0 amide bonds. The van der Waals surface area contributed by atoms with Crippen molar-refractivity contribution in [2.45, 2.75) is 6.42 Å². The maximum atomic E-state index is 2.39. The van der Waals surface area contributed by atoms with Crippen molar-refractivity contribution in [2.24, 2.45) is 5.92 Å². The van der Waals surface area contributed by atoms with Crippen LogP contribution in [0.3, 0.4) is 0 Å². The van der Waals surface area contributed by atoms with Gasteiger partial charge in [-0.05, 0) is 25.3 Å². The van der Waals surface area contributed by atoms with E-state index in [4.69, 9.17) is 0 Å². The molecule has 2 aliphatic rings. The molecule has 1 aliphatic heterocycles. The highest BCUT2D eigenvalue weighted by atomic mass is 15.1. The molecule has 2 fully saturated rings. The van der Waals surface area contributed by atoms with Crippen LogP contribution in [0.15, 0.2) is 0 Å². The maximum absolute atomic E-state index is 2.39. The second-order valence-corrected chi connectivity index (χ2v) is 2.76. The van der Waals surface area contributed by atoms with E-state index in [-0.39, 0.29) is 0 Å². The predicted octanol–water partition coefficient (Wildman–Crippen LogP) is 0.526. The van der Waals surface area contributed by atoms with Gasteiger partial charge in [-0.3, -0.25) is 0 Å². The third-order valence-corrected chi connectivity index (χ3v) is 1.93. The fourth-order valence-electron chi connectivity index (χ4n) is 1.43. The first kappa shape index (κ1) is 3.90. The first-order chi connectivity index (χ1) is 3.36. The third-order valence-electron chi connectivity index (χ3n) is 1.93. The normalized spacial score (nSPS) is 41.6. The van der Waals surface area contributed by atoms with Gasteiger partial charge in [0.15, 0.2) is 0 Å². The first-order valence-electron chi connectivity index (χ1n) is 2.89. The second kappa shape index (κ2) is 1.03. The summed E-state index contributed by atoms with van der Waals surface area (Å²) in [5.74, 6) is 2.83. The molecule has 1 nitrogen and oxygen atoms in total. The highest BCUT2D eigenvalue weighted by Gasteiger charge is 2.44. The summed E-state index contributed by atoms with van der Waals surface area (Å²) in [4.78, 5) is 2.39. The molecule has 1 heteroatoms. The van der Waals surface area contributed by atoms with E-state index in [0.717, 1.165) is 5.92 Å². The monoisotopic (exact) mass is 96.1 g/mol. The van der Waals surface area contributed by atoms with Gasteiger partial charge >= 0.3 is 0 Å². The quantitative estimate of drug-likeness (QED) is 0.425. The van der Waals surface area contributed by atoms with Gasteiger partial charge < -0.3 is 4.90 Å². The number of likely N-dealkylation sites (tertiary alicyclic amines) is 1. The van der Waals surface area contributed by atoms with Crippen molar-refractivity contribution in [2.75, 3.05) is 20.1 Å². The lowest BCUT2D eigenvalue weighted by Crippen LogP contribution is -2.15. The second-order valence-electron chi connectivity index (χ2n) is 2.76. The summed E-state index contributed by atoms with van der Waals surface area (Å²) in [5.41, 5.74) is 0. The molecule has 1 saturated carbocycles. The van der Waals surface area contributed by atoms with Crippen LogP contribution in [0.25, 0.3) is 0 Å². The van der Waals surface area contributed by atoms with Crippen LogP contribution in [0.5, 0.6) is 0 Å². The molecule has 7 heavy (non-hydrogen) atoms. The molecule has 0 bridgehead atoms. The highest BCUT2D eigenvalue weighted by Crippen LogP contribution is 2.46. The van der Waals surface area contributed by atoms with E-state index in [1.807, 2.05) is 0 Å². The number of fused-ring (bicyclic) bond motifs is 1. The van der Waals surface area contributed by atoms with E-state index in [1.165, 1.54) is 19.5 Å². The van der Waals surface area contributed by atoms with E-state index in [9.17, 15) is 0 Å². The lowest BCUT2D eigenvalue weighted by molar-refractivity contribution is 0.387. The van der Waals surface area contributed by atoms with Crippen molar-refractivity contribution in [1.82, 2.24) is 4.90 Å². The van der Waals surface area contributed by atoms with Crippen molar-refractivity contribution < 1.29 is 0 Å². The Kier molecular flexibility index (Phi) is 0.571. The molecule has 39 valence electrons. The minimum atomic E-state index is 1.03. The summed E-state index contributed by atoms with van der Waals surface area (Å²) in [6, 6.07) is 0. The average molecular weight is 96.2 g/mol. The molecule has 1 unspecified atom stereocenters. The number of piperidine rings is 1. The topological polar surface area (TPSA) is 3.24 Å². The Morgan fingerprint density at radius 1 is 1.71 bits per heavy atom. The maximum Gasteiger partial charge on any atom is 0.00442 e. The zero-order valence-electron chi connectivity index (χ0n) is 4.65. The summed E-state index contributed by atoms with van der Waals surface area (Å²) >= 11 is 0. The molecule has 0 N–H and O–H groups in total. The van der Waals surface area contributed by atoms with E-state index in [0.29, 0.717) is 0 Å². The van der Waals surface area contributed by atoms with Crippen molar-refractivity contribution >= 4 is 0 Å². The van der Waals surface area contributed by atoms with Gasteiger partial charge in [-0.15, -0.1) is 0 Å². The molecule has 1 aliphatic carbocycles. The van der Waals surface area contributed by atoms with Crippen LogP contribution in [0.2, 0.25) is 0 Å². The minimum Gasteiger partial charge on any atom is -0.305 e. The zero-order chi connectivity index (χ0) is 4.85. The van der Waals surface area contributed by atoms with E-state index < -0.39 is 0 Å². The lowest BCUT2D eigenvalue weighted by Gasteiger charge is -2.06. The van der Waals surface area contributed by atoms with Gasteiger partial charge in [0, 0.05) is 13.1 Å². The Bertz CT molecular complexity index is 80.2. The fourth-order valence-corrected chi connectivity index (χ4v) is 1.43. The largest absolute Gasteiger partial charge is 0.305 e. The Hall–Kier alpha value is -0.0400. The fraction of sp³-hybridized carbons (Fsp3) is 0.833. The summed E-state index contributed by atoms with van der Waals surface area (Å²) in [7, 11) is 2.19. The van der Waals surface area contributed by atoms with E-state index in [2.05, 4.69) is 11.9 Å². The first-order valence-corrected chi connectivity index (χ1v) is 2.89. The molecular formula is C6H10N. The van der Waals surface area contributed by atoms with Gasteiger partial charge in [0.05, 0.1) is 0 Å². The van der Waals surface area contributed by atoms with Crippen LogP contribution in [-0.4, -0.2) is 25.0 Å². The molecule has 1 saturated heterocycles. The third kappa shape index (κ3) is 0.480. The van der Waals surface area contributed by atoms with Crippen molar-refractivity contribution in [3.8, 4) is 0 Å². The van der Waals surface area contributed by atoms with E-state index >= 15 is 0 Å². The van der Waals surface area contributed by atoms with Gasteiger partial charge in [-0.25, -0.2) is 0 Å². The van der Waals surface area contributed by atoms with Crippen LogP contribution >= 0.6 is 0 Å². The summed E-state index contributed by atoms with van der Waals surface area (Å²) in [6.07, 6.45) is 1.45. The Balaban J connectivity index is 2.02. The van der Waals surface area contributed by atoms with Gasteiger partial charge in [-0.2, -0.15) is 0 Å². The molecule has 0 aromatic heterocycles. The van der Waals surface area contributed by atoms with Crippen molar-refractivity contribution in [3.05, 3.63) is 5.92 Å². The highest BCUT2D eigenvalue weighted by molar-refractivity contribution is 5.20. The van der Waals surface area contributed by atoms with Gasteiger partial charge in [0.1, 0.15) is 0 Å². The summed E-state index contributed by atoms with van der Waals surface area (Å²) < 4.78 is 0. The van der Waals surface area contributed by atoms with Crippen LogP contribution in [0.4, 0.5) is 0 Å². The average Bonchev–Trinajstić information content (AvgIpc) is 2.15. The minimum absolute atomic E-state index is 1.03. The molecule has 0 spiro atoms. The number of hydrogen-bond donors (Lipinski definition) is 0. The molecule has 0 aromatic rings. The van der Waals surface area contributed by atoms with E-state index in [1.54, 1.807) is 5.92 Å². The molecule has 1 radical (unpaired) electrons. The van der Waals surface area contributed by atoms with Gasteiger partial charge in [0.2, 0.25) is 0 Å². The van der Waals surface area contributed by atoms with Crippen LogP contribution in [-0.2, 0) is 0 Å². The van der Waals surface area contributed by atoms with Crippen LogP contribution in [0, 0.1) is 11.8 Å². The molecule has 2 rings (SSSR count). The van der Waals surface area contributed by atoms with Crippen LogP contribution < -0.4 is 0 Å². The summed E-state index contributed by atoms with van der Waals surface area (Å²) in [5, 5.41) is 0.